The Hall–Kier alpha value is -0.900. The van der Waals surface area contributed by atoms with Gasteiger partial charge in [0.1, 0.15) is 0 Å². The maximum Gasteiger partial charge on any atom is 0.191 e. The van der Waals surface area contributed by atoms with Crippen LogP contribution >= 0.6 is 24.0 Å². The van der Waals surface area contributed by atoms with E-state index < -0.39 is 0 Å². The molecule has 2 aliphatic rings. The zero-order valence-corrected chi connectivity index (χ0v) is 18.8. The van der Waals surface area contributed by atoms with Gasteiger partial charge < -0.3 is 20.1 Å². The first-order valence-electron chi connectivity index (χ1n) is 9.63. The third kappa shape index (κ3) is 7.21. The Labute approximate surface area is 180 Å². The fourth-order valence-electron chi connectivity index (χ4n) is 3.51. The van der Waals surface area contributed by atoms with Crippen molar-refractivity contribution >= 4 is 29.9 Å². The van der Waals surface area contributed by atoms with Gasteiger partial charge >= 0.3 is 0 Å². The average Bonchev–Trinajstić information content (AvgIpc) is 3.10. The van der Waals surface area contributed by atoms with E-state index >= 15 is 0 Å². The first-order valence-corrected chi connectivity index (χ1v) is 9.63. The van der Waals surface area contributed by atoms with Gasteiger partial charge in [0, 0.05) is 46.4 Å². The Bertz CT molecular complexity index is 599. The number of morpholine rings is 1. The second-order valence-electron chi connectivity index (χ2n) is 7.39. The molecule has 27 heavy (non-hydrogen) atoms. The van der Waals surface area contributed by atoms with Gasteiger partial charge in [0.2, 0.25) is 0 Å². The van der Waals surface area contributed by atoms with Crippen molar-refractivity contribution in [2.24, 2.45) is 4.99 Å². The molecule has 0 bridgehead atoms. The lowest BCUT2D eigenvalue weighted by Crippen LogP contribution is -2.45. The number of nitrogens with zero attached hydrogens (tertiary/aromatic N) is 2. The van der Waals surface area contributed by atoms with Crippen LogP contribution in [0.3, 0.4) is 0 Å². The van der Waals surface area contributed by atoms with E-state index in [9.17, 15) is 0 Å². The molecule has 2 N–H and O–H groups in total. The third-order valence-electron chi connectivity index (χ3n) is 5.12. The Morgan fingerprint density at radius 3 is 2.67 bits per heavy atom. The molecule has 2 aliphatic heterocycles. The number of benzene rings is 1. The summed E-state index contributed by atoms with van der Waals surface area (Å²) in [4.78, 5) is 6.77. The Kier molecular flexibility index (Phi) is 9.28. The van der Waals surface area contributed by atoms with E-state index in [-0.39, 0.29) is 29.6 Å². The van der Waals surface area contributed by atoms with Gasteiger partial charge in [-0.15, -0.1) is 24.0 Å². The summed E-state index contributed by atoms with van der Waals surface area (Å²) in [7, 11) is 1.81. The van der Waals surface area contributed by atoms with Crippen molar-refractivity contribution in [2.75, 3.05) is 46.5 Å². The van der Waals surface area contributed by atoms with Crippen LogP contribution < -0.4 is 10.6 Å². The molecule has 2 fully saturated rings. The maximum absolute atomic E-state index is 5.83. The van der Waals surface area contributed by atoms with E-state index in [0.29, 0.717) is 0 Å². The molecular weight excluding hydrogens is 455 g/mol. The van der Waals surface area contributed by atoms with E-state index in [0.717, 1.165) is 71.3 Å². The summed E-state index contributed by atoms with van der Waals surface area (Å²) in [5, 5.41) is 6.80. The highest BCUT2D eigenvalue weighted by atomic mass is 127. The molecule has 2 saturated heterocycles. The molecule has 0 amide bonds. The van der Waals surface area contributed by atoms with Gasteiger partial charge in [-0.25, -0.2) is 0 Å². The quantitative estimate of drug-likeness (QED) is 0.366. The van der Waals surface area contributed by atoms with Gasteiger partial charge in [-0.05, 0) is 30.9 Å². The van der Waals surface area contributed by atoms with Crippen LogP contribution in [0, 0.1) is 0 Å². The van der Waals surface area contributed by atoms with Crippen molar-refractivity contribution in [1.82, 2.24) is 15.5 Å². The largest absolute Gasteiger partial charge is 0.379 e. The van der Waals surface area contributed by atoms with Crippen LogP contribution in [-0.4, -0.2) is 63.0 Å². The minimum absolute atomic E-state index is 0. The van der Waals surface area contributed by atoms with Gasteiger partial charge in [-0.2, -0.15) is 0 Å². The van der Waals surface area contributed by atoms with Gasteiger partial charge in [0.15, 0.2) is 5.96 Å². The number of rotatable bonds is 6. The van der Waals surface area contributed by atoms with Crippen LogP contribution in [0.4, 0.5) is 0 Å². The summed E-state index contributed by atoms with van der Waals surface area (Å²) in [6, 6.07) is 8.77. The van der Waals surface area contributed by atoms with Gasteiger partial charge in [-0.1, -0.05) is 24.3 Å². The molecule has 1 unspecified atom stereocenters. The van der Waals surface area contributed by atoms with Crippen molar-refractivity contribution in [3.05, 3.63) is 35.4 Å². The van der Waals surface area contributed by atoms with E-state index in [2.05, 4.69) is 51.7 Å². The van der Waals surface area contributed by atoms with Crippen molar-refractivity contribution in [2.45, 2.75) is 38.5 Å². The number of hydrogen-bond donors (Lipinski definition) is 2. The minimum Gasteiger partial charge on any atom is -0.379 e. The molecular formula is C20H33IN4O2. The van der Waals surface area contributed by atoms with E-state index in [1.807, 2.05) is 7.05 Å². The number of halogens is 1. The molecule has 6 nitrogen and oxygen atoms in total. The first kappa shape index (κ1) is 22.4. The molecule has 0 saturated carbocycles. The SMILES string of the molecule is CN=C(NCc1cccc(CN2CCOCC2)c1)NCC1(C)CCCO1.I. The highest BCUT2D eigenvalue weighted by Crippen LogP contribution is 2.23. The van der Waals surface area contributed by atoms with Crippen LogP contribution in [0.5, 0.6) is 0 Å². The number of ether oxygens (including phenoxy) is 2. The van der Waals surface area contributed by atoms with Crippen molar-refractivity contribution < 1.29 is 9.47 Å². The lowest BCUT2D eigenvalue weighted by Gasteiger charge is -2.26. The lowest BCUT2D eigenvalue weighted by atomic mass is 10.0. The average molecular weight is 488 g/mol. The summed E-state index contributed by atoms with van der Waals surface area (Å²) in [5.74, 6) is 0.820. The Morgan fingerprint density at radius 2 is 1.96 bits per heavy atom. The first-order chi connectivity index (χ1) is 12.7. The standard InChI is InChI=1S/C20H32N4O2.HI/c1-20(7-4-10-26-20)16-23-19(21-2)22-14-17-5-3-6-18(13-17)15-24-8-11-25-12-9-24;/h3,5-6,13H,4,7-12,14-16H2,1-2H3,(H2,21,22,23);1H. The molecule has 1 aromatic carbocycles. The molecule has 2 heterocycles. The predicted octanol–water partition coefficient (Wildman–Crippen LogP) is 2.37. The van der Waals surface area contributed by atoms with Crippen LogP contribution in [0.25, 0.3) is 0 Å². The molecule has 1 atom stereocenters. The van der Waals surface area contributed by atoms with Gasteiger partial charge in [0.25, 0.3) is 0 Å². The normalized spacial score (nSPS) is 23.7. The highest BCUT2D eigenvalue weighted by Gasteiger charge is 2.29. The smallest absolute Gasteiger partial charge is 0.191 e. The van der Waals surface area contributed by atoms with Crippen molar-refractivity contribution in [1.29, 1.82) is 0 Å². The third-order valence-corrected chi connectivity index (χ3v) is 5.12. The second-order valence-corrected chi connectivity index (χ2v) is 7.39. The molecule has 0 aliphatic carbocycles. The Morgan fingerprint density at radius 1 is 1.19 bits per heavy atom. The van der Waals surface area contributed by atoms with Gasteiger partial charge in [-0.3, -0.25) is 9.89 Å². The van der Waals surface area contributed by atoms with Gasteiger partial charge in [0.05, 0.1) is 18.8 Å². The van der Waals surface area contributed by atoms with Crippen molar-refractivity contribution in [3.63, 3.8) is 0 Å². The number of guanidine groups is 1. The van der Waals surface area contributed by atoms with Crippen LogP contribution in [0.15, 0.2) is 29.3 Å². The molecule has 3 rings (SSSR count). The summed E-state index contributed by atoms with van der Waals surface area (Å²) in [6.45, 7) is 9.25. The molecule has 0 radical (unpaired) electrons. The highest BCUT2D eigenvalue weighted by molar-refractivity contribution is 14.0. The molecule has 0 spiro atoms. The predicted molar refractivity (Wildman–Crippen MR) is 120 cm³/mol. The monoisotopic (exact) mass is 488 g/mol. The summed E-state index contributed by atoms with van der Waals surface area (Å²) in [6.07, 6.45) is 2.24. The zero-order valence-electron chi connectivity index (χ0n) is 16.5. The second kappa shape index (κ2) is 11.2. The van der Waals surface area contributed by atoms with Crippen LogP contribution in [-0.2, 0) is 22.6 Å². The van der Waals surface area contributed by atoms with Crippen molar-refractivity contribution in [3.8, 4) is 0 Å². The number of hydrogen-bond acceptors (Lipinski definition) is 4. The minimum atomic E-state index is -0.0737. The van der Waals surface area contributed by atoms with E-state index in [4.69, 9.17) is 9.47 Å². The Balaban J connectivity index is 0.00000261. The van der Waals surface area contributed by atoms with E-state index in [1.54, 1.807) is 0 Å². The van der Waals surface area contributed by atoms with Crippen LogP contribution in [0.1, 0.15) is 30.9 Å². The molecule has 1 aromatic rings. The summed E-state index contributed by atoms with van der Waals surface area (Å²) < 4.78 is 11.3. The topological polar surface area (TPSA) is 58.1 Å². The molecule has 7 heteroatoms. The molecule has 152 valence electrons. The molecule has 0 aromatic heterocycles. The van der Waals surface area contributed by atoms with E-state index in [1.165, 1.54) is 11.1 Å². The summed E-state index contributed by atoms with van der Waals surface area (Å²) in [5.41, 5.74) is 2.54. The fourth-order valence-corrected chi connectivity index (χ4v) is 3.51. The number of nitrogens with one attached hydrogen (secondary N) is 2. The fraction of sp³-hybridized carbons (Fsp3) is 0.650. The summed E-state index contributed by atoms with van der Waals surface area (Å²) >= 11 is 0. The lowest BCUT2D eigenvalue weighted by molar-refractivity contribution is 0.0243. The number of aliphatic imine (C=N–C) groups is 1. The maximum atomic E-state index is 5.83. The van der Waals surface area contributed by atoms with Crippen LogP contribution in [0.2, 0.25) is 0 Å². The zero-order chi connectivity index (χ0) is 18.2.